The highest BCUT2D eigenvalue weighted by Crippen LogP contribution is 2.20. The molecule has 0 aromatic carbocycles. The maximum Gasteiger partial charge on any atom is 0.326 e. The molecular formula is C12H20N2O3. The molecule has 1 aliphatic carbocycles. The lowest BCUT2D eigenvalue weighted by Gasteiger charge is -2.27. The third-order valence-electron chi connectivity index (χ3n) is 3.73. The third-order valence-corrected chi connectivity index (χ3v) is 3.73. The SMILES string of the molecule is O=C(O)[C@@H]1CCCN1C(=O)NC1CCCCC1. The molecule has 2 aliphatic rings. The number of likely N-dealkylation sites (tertiary alicyclic amines) is 1. The van der Waals surface area contributed by atoms with Crippen molar-refractivity contribution < 1.29 is 14.7 Å². The molecule has 2 amide bonds. The Labute approximate surface area is 101 Å². The van der Waals surface area contributed by atoms with Gasteiger partial charge < -0.3 is 15.3 Å². The van der Waals surface area contributed by atoms with Crippen LogP contribution in [0.2, 0.25) is 0 Å². The number of carbonyl (C=O) groups is 2. The second-order valence-electron chi connectivity index (χ2n) is 4.97. The molecular weight excluding hydrogens is 220 g/mol. The summed E-state index contributed by atoms with van der Waals surface area (Å²) in [6.45, 7) is 0.565. The van der Waals surface area contributed by atoms with E-state index in [1.165, 1.54) is 11.3 Å². The van der Waals surface area contributed by atoms with Crippen LogP contribution in [0.15, 0.2) is 0 Å². The quantitative estimate of drug-likeness (QED) is 0.770. The first kappa shape index (κ1) is 12.2. The van der Waals surface area contributed by atoms with Crippen LogP contribution >= 0.6 is 0 Å². The van der Waals surface area contributed by atoms with E-state index in [2.05, 4.69) is 5.32 Å². The zero-order valence-electron chi connectivity index (χ0n) is 10.0. The monoisotopic (exact) mass is 240 g/mol. The molecule has 2 N–H and O–H groups in total. The van der Waals surface area contributed by atoms with E-state index in [0.29, 0.717) is 13.0 Å². The molecule has 1 atom stereocenters. The van der Waals surface area contributed by atoms with Crippen molar-refractivity contribution in [1.29, 1.82) is 0 Å². The Kier molecular flexibility index (Phi) is 3.86. The minimum absolute atomic E-state index is 0.193. The van der Waals surface area contributed by atoms with Gasteiger partial charge in [-0.3, -0.25) is 0 Å². The third kappa shape index (κ3) is 2.90. The largest absolute Gasteiger partial charge is 0.480 e. The average Bonchev–Trinajstić information content (AvgIpc) is 2.79. The molecule has 0 bridgehead atoms. The summed E-state index contributed by atoms with van der Waals surface area (Å²) in [4.78, 5) is 24.4. The van der Waals surface area contributed by atoms with Crippen molar-refractivity contribution in [2.45, 2.75) is 57.0 Å². The van der Waals surface area contributed by atoms with Gasteiger partial charge in [-0.05, 0) is 25.7 Å². The fourth-order valence-corrected chi connectivity index (χ4v) is 2.77. The highest BCUT2D eigenvalue weighted by Gasteiger charge is 2.34. The second-order valence-corrected chi connectivity index (χ2v) is 4.97. The van der Waals surface area contributed by atoms with Gasteiger partial charge >= 0.3 is 12.0 Å². The number of hydrogen-bond donors (Lipinski definition) is 2. The van der Waals surface area contributed by atoms with E-state index in [1.54, 1.807) is 0 Å². The van der Waals surface area contributed by atoms with Crippen molar-refractivity contribution in [3.8, 4) is 0 Å². The molecule has 1 saturated carbocycles. The Morgan fingerprint density at radius 2 is 1.76 bits per heavy atom. The highest BCUT2D eigenvalue weighted by atomic mass is 16.4. The fourth-order valence-electron chi connectivity index (χ4n) is 2.77. The van der Waals surface area contributed by atoms with Gasteiger partial charge in [0, 0.05) is 12.6 Å². The summed E-state index contributed by atoms with van der Waals surface area (Å²) in [5, 5.41) is 12.0. The van der Waals surface area contributed by atoms with E-state index in [9.17, 15) is 9.59 Å². The molecule has 0 spiro atoms. The predicted octanol–water partition coefficient (Wildman–Crippen LogP) is 1.58. The van der Waals surface area contributed by atoms with Crippen LogP contribution in [0.25, 0.3) is 0 Å². The lowest BCUT2D eigenvalue weighted by Crippen LogP contribution is -2.49. The predicted molar refractivity (Wildman–Crippen MR) is 62.8 cm³/mol. The molecule has 2 rings (SSSR count). The summed E-state index contributed by atoms with van der Waals surface area (Å²) in [7, 11) is 0. The van der Waals surface area contributed by atoms with Gasteiger partial charge in [-0.15, -0.1) is 0 Å². The van der Waals surface area contributed by atoms with Crippen LogP contribution in [0.5, 0.6) is 0 Å². The Bertz CT molecular complexity index is 300. The van der Waals surface area contributed by atoms with Crippen LogP contribution in [0.1, 0.15) is 44.9 Å². The van der Waals surface area contributed by atoms with Gasteiger partial charge in [0.05, 0.1) is 0 Å². The number of rotatable bonds is 2. The Morgan fingerprint density at radius 3 is 2.41 bits per heavy atom. The topological polar surface area (TPSA) is 69.6 Å². The molecule has 1 heterocycles. The first-order chi connectivity index (χ1) is 8.18. The fraction of sp³-hybridized carbons (Fsp3) is 0.833. The van der Waals surface area contributed by atoms with E-state index < -0.39 is 12.0 Å². The first-order valence-corrected chi connectivity index (χ1v) is 6.48. The molecule has 0 aromatic rings. The van der Waals surface area contributed by atoms with E-state index in [-0.39, 0.29) is 12.1 Å². The summed E-state index contributed by atoms with van der Waals surface area (Å²) in [5.41, 5.74) is 0. The molecule has 5 nitrogen and oxygen atoms in total. The van der Waals surface area contributed by atoms with Crippen molar-refractivity contribution in [3.63, 3.8) is 0 Å². The number of hydrogen-bond acceptors (Lipinski definition) is 2. The molecule has 96 valence electrons. The molecule has 0 unspecified atom stereocenters. The van der Waals surface area contributed by atoms with Crippen molar-refractivity contribution >= 4 is 12.0 Å². The molecule has 0 radical (unpaired) electrons. The number of nitrogens with zero attached hydrogens (tertiary/aromatic N) is 1. The summed E-state index contributed by atoms with van der Waals surface area (Å²) in [5.74, 6) is -0.888. The first-order valence-electron chi connectivity index (χ1n) is 6.48. The minimum Gasteiger partial charge on any atom is -0.480 e. The number of carboxylic acids is 1. The molecule has 0 aromatic heterocycles. The standard InChI is InChI=1S/C12H20N2O3/c15-11(16)10-7-4-8-14(10)12(17)13-9-5-2-1-3-6-9/h9-10H,1-8H2,(H,13,17)(H,15,16)/t10-/m0/s1. The van der Waals surface area contributed by atoms with Gasteiger partial charge in [0.1, 0.15) is 6.04 Å². The average molecular weight is 240 g/mol. The van der Waals surface area contributed by atoms with Gasteiger partial charge in [-0.2, -0.15) is 0 Å². The van der Waals surface area contributed by atoms with Crippen LogP contribution in [0, 0.1) is 0 Å². The van der Waals surface area contributed by atoms with Gasteiger partial charge in [-0.1, -0.05) is 19.3 Å². The van der Waals surface area contributed by atoms with Crippen molar-refractivity contribution in [3.05, 3.63) is 0 Å². The number of urea groups is 1. The molecule has 17 heavy (non-hydrogen) atoms. The smallest absolute Gasteiger partial charge is 0.326 e. The normalized spacial score (nSPS) is 25.9. The summed E-state index contributed by atoms with van der Waals surface area (Å²) in [6.07, 6.45) is 6.98. The van der Waals surface area contributed by atoms with E-state index in [0.717, 1.165) is 32.1 Å². The van der Waals surface area contributed by atoms with E-state index >= 15 is 0 Å². The minimum atomic E-state index is -0.888. The van der Waals surface area contributed by atoms with Crippen molar-refractivity contribution in [1.82, 2.24) is 10.2 Å². The van der Waals surface area contributed by atoms with Crippen LogP contribution in [-0.4, -0.2) is 40.6 Å². The van der Waals surface area contributed by atoms with Crippen molar-refractivity contribution in [2.75, 3.05) is 6.54 Å². The van der Waals surface area contributed by atoms with Gasteiger partial charge in [-0.25, -0.2) is 9.59 Å². The van der Waals surface area contributed by atoms with Crippen LogP contribution < -0.4 is 5.32 Å². The van der Waals surface area contributed by atoms with Crippen molar-refractivity contribution in [2.24, 2.45) is 0 Å². The molecule has 2 fully saturated rings. The lowest BCUT2D eigenvalue weighted by molar-refractivity contribution is -0.141. The number of aliphatic carboxylic acids is 1. The van der Waals surface area contributed by atoms with Crippen LogP contribution in [0.4, 0.5) is 4.79 Å². The Balaban J connectivity index is 1.88. The van der Waals surface area contributed by atoms with E-state index in [1.807, 2.05) is 0 Å². The number of nitrogens with one attached hydrogen (secondary N) is 1. The van der Waals surface area contributed by atoms with E-state index in [4.69, 9.17) is 5.11 Å². The number of amides is 2. The Hall–Kier alpha value is -1.26. The zero-order valence-corrected chi connectivity index (χ0v) is 10.0. The Morgan fingerprint density at radius 1 is 1.06 bits per heavy atom. The molecule has 1 aliphatic heterocycles. The molecule has 1 saturated heterocycles. The van der Waals surface area contributed by atoms with Crippen LogP contribution in [-0.2, 0) is 4.79 Å². The second kappa shape index (κ2) is 5.38. The van der Waals surface area contributed by atoms with Gasteiger partial charge in [0.25, 0.3) is 0 Å². The number of carboxylic acid groups (broad SMARTS) is 1. The summed E-state index contributed by atoms with van der Waals surface area (Å²) < 4.78 is 0. The van der Waals surface area contributed by atoms with Gasteiger partial charge in [0.2, 0.25) is 0 Å². The van der Waals surface area contributed by atoms with Gasteiger partial charge in [0.15, 0.2) is 0 Å². The number of carbonyl (C=O) groups excluding carboxylic acids is 1. The molecule has 5 heteroatoms. The maximum absolute atomic E-state index is 12.0. The zero-order chi connectivity index (χ0) is 12.3. The summed E-state index contributed by atoms with van der Waals surface area (Å²) in [6, 6.07) is -0.577. The van der Waals surface area contributed by atoms with Crippen LogP contribution in [0.3, 0.4) is 0 Å². The maximum atomic E-state index is 12.0. The summed E-state index contributed by atoms with van der Waals surface area (Å²) >= 11 is 0. The highest BCUT2D eigenvalue weighted by molar-refractivity contribution is 5.83. The lowest BCUT2D eigenvalue weighted by atomic mass is 9.96.